The van der Waals surface area contributed by atoms with E-state index in [1.807, 2.05) is 67.6 Å². The largest absolute Gasteiger partial charge is 0.496 e. The highest BCUT2D eigenvalue weighted by molar-refractivity contribution is 7.91. The van der Waals surface area contributed by atoms with E-state index < -0.39 is 68.7 Å². The molecule has 3 heterocycles. The number of ether oxygens (including phenoxy) is 3. The molecule has 4 bridgehead atoms. The molecular formula is C42H49N5O9S. The monoisotopic (exact) mass is 799 g/mol. The van der Waals surface area contributed by atoms with Crippen molar-refractivity contribution in [3.05, 3.63) is 72.8 Å². The van der Waals surface area contributed by atoms with E-state index in [-0.39, 0.29) is 26.0 Å². The molecule has 0 unspecified atom stereocenters. The van der Waals surface area contributed by atoms with Crippen LogP contribution in [0.1, 0.15) is 70.3 Å². The number of nitrogens with zero attached hydrogens (tertiary/aromatic N) is 2. The van der Waals surface area contributed by atoms with Crippen molar-refractivity contribution < 1.29 is 41.8 Å². The number of hydrogen-bond acceptors (Lipinski definition) is 10. The Labute approximate surface area is 332 Å². The molecule has 3 fully saturated rings. The fourth-order valence-electron chi connectivity index (χ4n) is 7.60. The molecule has 4 aliphatic rings. The fourth-order valence-corrected chi connectivity index (χ4v) is 8.96. The number of hydrogen-bond donors (Lipinski definition) is 3. The van der Waals surface area contributed by atoms with E-state index in [0.717, 1.165) is 17.5 Å². The molecule has 4 amide bonds. The summed E-state index contributed by atoms with van der Waals surface area (Å²) >= 11 is 0. The lowest BCUT2D eigenvalue weighted by atomic mass is 10.0. The van der Waals surface area contributed by atoms with Crippen LogP contribution >= 0.6 is 0 Å². The number of aromatic nitrogens is 1. The second kappa shape index (κ2) is 16.6. The highest BCUT2D eigenvalue weighted by Crippen LogP contribution is 2.46. The maximum absolute atomic E-state index is 14.5. The topological polar surface area (TPSA) is 182 Å². The van der Waals surface area contributed by atoms with Gasteiger partial charge in [-0.25, -0.2) is 18.2 Å². The number of methoxy groups -OCH3 is 1. The molecule has 5 atom stereocenters. The minimum atomic E-state index is -3.91. The molecule has 2 aromatic carbocycles. The molecule has 14 nitrogen and oxygen atoms in total. The van der Waals surface area contributed by atoms with Crippen molar-refractivity contribution in [2.75, 3.05) is 20.3 Å². The third kappa shape index (κ3) is 8.63. The van der Waals surface area contributed by atoms with E-state index >= 15 is 0 Å². The number of allylic oxidation sites excluding steroid dienone is 1. The number of cyclic esters (lactones) is 1. The summed E-state index contributed by atoms with van der Waals surface area (Å²) in [4.78, 5) is 61.9. The van der Waals surface area contributed by atoms with Crippen molar-refractivity contribution >= 4 is 50.8 Å². The Morgan fingerprint density at radius 1 is 1.16 bits per heavy atom. The number of carbonyl (C=O) groups excluding carboxylic acids is 4. The highest BCUT2D eigenvalue weighted by atomic mass is 32.2. The fraction of sp³-hybridized carbons (Fsp3) is 0.452. The Kier molecular flexibility index (Phi) is 11.6. The van der Waals surface area contributed by atoms with Crippen LogP contribution in [-0.2, 0) is 29.1 Å². The van der Waals surface area contributed by atoms with Crippen LogP contribution in [0.5, 0.6) is 11.5 Å². The summed E-state index contributed by atoms with van der Waals surface area (Å²) in [7, 11) is -2.32. The Bertz CT molecular complexity index is 2190. The standard InChI is InChI=1S/C42H49N5O9S/c1-4-6-16-32-39(49)47-25-29(21-35(47)38(48)45-42(24-28(42)5-2)40(50)46-57(52,53)30-17-18-30)56-37-22-33(26-13-9-7-10-14-26)43-34-23-36(54-3)27(20-31(34)37)15-11-8-12-19-55-41(51)44-32/h5,7,9-11,13-15,20,22-23,28-30,32,35H,2,4,6,8,12,16-19,21,24-25H2,1,3H3,(H,44,51)(H,45,48)(H,46,50)/b15-11-/t28-,29-,32+,35+,42-/m1/s1. The van der Waals surface area contributed by atoms with E-state index in [9.17, 15) is 27.6 Å². The first kappa shape index (κ1) is 39.8. The first-order chi connectivity index (χ1) is 27.5. The maximum atomic E-state index is 14.5. The Balaban J connectivity index is 1.27. The third-order valence-corrected chi connectivity index (χ3v) is 12.9. The summed E-state index contributed by atoms with van der Waals surface area (Å²) < 4.78 is 45.7. The van der Waals surface area contributed by atoms with Gasteiger partial charge in [0.05, 0.1) is 36.7 Å². The van der Waals surface area contributed by atoms with Gasteiger partial charge in [0, 0.05) is 41.0 Å². The van der Waals surface area contributed by atoms with E-state index in [2.05, 4.69) is 21.9 Å². The summed E-state index contributed by atoms with van der Waals surface area (Å²) in [6.45, 7) is 5.86. The van der Waals surface area contributed by atoms with Crippen LogP contribution in [0.15, 0.2) is 67.3 Å². The first-order valence-corrected chi connectivity index (χ1v) is 21.2. The van der Waals surface area contributed by atoms with Crippen LogP contribution in [-0.4, -0.2) is 91.4 Å². The molecule has 1 aromatic heterocycles. The van der Waals surface area contributed by atoms with Gasteiger partial charge in [0.15, 0.2) is 0 Å². The molecule has 2 saturated carbocycles. The summed E-state index contributed by atoms with van der Waals surface area (Å²) in [6, 6.07) is 13.1. The molecule has 7 rings (SSSR count). The number of nitrogens with one attached hydrogen (secondary N) is 3. The Morgan fingerprint density at radius 2 is 1.95 bits per heavy atom. The molecule has 0 radical (unpaired) electrons. The number of pyridine rings is 1. The molecule has 2 aliphatic heterocycles. The van der Waals surface area contributed by atoms with Crippen LogP contribution in [0.4, 0.5) is 4.79 Å². The zero-order valence-electron chi connectivity index (χ0n) is 32.2. The van der Waals surface area contributed by atoms with Gasteiger partial charge >= 0.3 is 6.09 Å². The average Bonchev–Trinajstić information content (AvgIpc) is 4.14. The second-order valence-electron chi connectivity index (χ2n) is 15.2. The highest BCUT2D eigenvalue weighted by Gasteiger charge is 2.62. The van der Waals surface area contributed by atoms with Gasteiger partial charge in [-0.05, 0) is 44.6 Å². The lowest BCUT2D eigenvalue weighted by Crippen LogP contribution is -2.58. The number of sulfonamides is 1. The first-order valence-electron chi connectivity index (χ1n) is 19.6. The molecule has 3 aromatic rings. The number of amides is 4. The van der Waals surface area contributed by atoms with Gasteiger partial charge in [-0.3, -0.25) is 19.1 Å². The molecule has 2 aliphatic carbocycles. The SMILES string of the molecule is C=C[C@@H]1C[C@]1(NC(=O)[C@@H]1C[C@@H]2CN1C(=O)[C@H](CCCC)NC(=O)OCCC/C=C\c1cc3c(cc(-c4ccccc4)nc3cc1OC)O2)C(=O)NS(=O)(=O)C1CC1. The smallest absolute Gasteiger partial charge is 0.407 e. The van der Waals surface area contributed by atoms with Crippen molar-refractivity contribution in [1.82, 2.24) is 25.2 Å². The second-order valence-corrected chi connectivity index (χ2v) is 17.1. The predicted molar refractivity (Wildman–Crippen MR) is 214 cm³/mol. The lowest BCUT2D eigenvalue weighted by molar-refractivity contribution is -0.141. The molecule has 15 heteroatoms. The normalized spacial score (nSPS) is 25.6. The van der Waals surface area contributed by atoms with Crippen molar-refractivity contribution in [2.45, 2.75) is 93.7 Å². The van der Waals surface area contributed by atoms with E-state index in [4.69, 9.17) is 19.2 Å². The number of fused-ring (bicyclic) bond motifs is 3. The van der Waals surface area contributed by atoms with Crippen LogP contribution in [0.25, 0.3) is 28.2 Å². The van der Waals surface area contributed by atoms with E-state index in [1.165, 1.54) is 11.0 Å². The summed E-state index contributed by atoms with van der Waals surface area (Å²) in [5.41, 5.74) is 1.33. The van der Waals surface area contributed by atoms with E-state index in [0.29, 0.717) is 66.6 Å². The van der Waals surface area contributed by atoms with Crippen molar-refractivity contribution in [3.63, 3.8) is 0 Å². The Hall–Kier alpha value is -5.44. The van der Waals surface area contributed by atoms with Crippen LogP contribution in [0, 0.1) is 5.92 Å². The molecule has 57 heavy (non-hydrogen) atoms. The summed E-state index contributed by atoms with van der Waals surface area (Å²) in [5.74, 6) is -1.43. The van der Waals surface area contributed by atoms with Gasteiger partial charge < -0.3 is 29.7 Å². The number of rotatable bonds is 11. The number of alkyl carbamates (subject to hydrolysis) is 1. The Morgan fingerprint density at radius 3 is 2.65 bits per heavy atom. The minimum absolute atomic E-state index is 0.0240. The zero-order valence-corrected chi connectivity index (χ0v) is 33.0. The average molecular weight is 800 g/mol. The molecule has 1 saturated heterocycles. The van der Waals surface area contributed by atoms with Crippen LogP contribution in [0.2, 0.25) is 0 Å². The number of unbranched alkanes of at least 4 members (excludes halogenated alkanes) is 1. The zero-order chi connectivity index (χ0) is 40.3. The van der Waals surface area contributed by atoms with Gasteiger partial charge in [0.1, 0.15) is 35.2 Å². The molecule has 3 N–H and O–H groups in total. The van der Waals surface area contributed by atoms with Gasteiger partial charge in [0.25, 0.3) is 5.91 Å². The quantitative estimate of drug-likeness (QED) is 0.223. The minimum Gasteiger partial charge on any atom is -0.496 e. The van der Waals surface area contributed by atoms with Gasteiger partial charge in [-0.1, -0.05) is 68.3 Å². The summed E-state index contributed by atoms with van der Waals surface area (Å²) in [5, 5.41) is 5.61. The summed E-state index contributed by atoms with van der Waals surface area (Å²) in [6.07, 6.45) is 7.84. The van der Waals surface area contributed by atoms with Crippen LogP contribution in [0.3, 0.4) is 0 Å². The van der Waals surface area contributed by atoms with Crippen LogP contribution < -0.4 is 24.8 Å². The molecule has 0 spiro atoms. The van der Waals surface area contributed by atoms with Crippen molar-refractivity contribution in [3.8, 4) is 22.8 Å². The number of carbonyl (C=O) groups is 4. The van der Waals surface area contributed by atoms with Crippen molar-refractivity contribution in [1.29, 1.82) is 0 Å². The number of benzene rings is 2. The predicted octanol–water partition coefficient (Wildman–Crippen LogP) is 5.02. The van der Waals surface area contributed by atoms with Gasteiger partial charge in [0.2, 0.25) is 21.8 Å². The van der Waals surface area contributed by atoms with E-state index in [1.54, 1.807) is 7.11 Å². The third-order valence-electron chi connectivity index (χ3n) is 11.1. The van der Waals surface area contributed by atoms with Gasteiger partial charge in [-0.2, -0.15) is 0 Å². The molecular weight excluding hydrogens is 751 g/mol. The van der Waals surface area contributed by atoms with Gasteiger partial charge in [-0.15, -0.1) is 6.58 Å². The maximum Gasteiger partial charge on any atom is 0.407 e. The molecule has 302 valence electrons. The lowest BCUT2D eigenvalue weighted by Gasteiger charge is -2.29. The van der Waals surface area contributed by atoms with Crippen molar-refractivity contribution in [2.24, 2.45) is 5.92 Å².